The van der Waals surface area contributed by atoms with Gasteiger partial charge < -0.3 is 0 Å². The Bertz CT molecular complexity index is 2760. The van der Waals surface area contributed by atoms with Crippen molar-refractivity contribution in [2.24, 2.45) is 0 Å². The first-order chi connectivity index (χ1) is 25.0. The van der Waals surface area contributed by atoms with Gasteiger partial charge in [-0.05, 0) is 92.8 Å². The van der Waals surface area contributed by atoms with Gasteiger partial charge in [0, 0.05) is 26.9 Å². The van der Waals surface area contributed by atoms with Crippen molar-refractivity contribution in [1.82, 2.24) is 14.5 Å². The van der Waals surface area contributed by atoms with Gasteiger partial charge in [0.25, 0.3) is 0 Å². The standard InChI is InChI=1S/C47H36BrN3/c1-47(2)39-25-23-31(28-38(39)44(48)43(47)35-20-12-16-29-13-6-7-17-33(29)35)32-24-26-42-37(27-32)34-18-9-11-22-41(34)51(42)46-49-40-21-10-8-19-36(40)45(50-46)30-14-4-3-5-15-30/h3-4,6-14,16-28,43-44H,5,15H2,1-2H3. The molecule has 0 fully saturated rings. The van der Waals surface area contributed by atoms with Gasteiger partial charge in [-0.2, -0.15) is 0 Å². The van der Waals surface area contributed by atoms with Gasteiger partial charge in [-0.25, -0.2) is 9.97 Å². The lowest BCUT2D eigenvalue weighted by Gasteiger charge is -2.31. The number of nitrogens with zero attached hydrogens (tertiary/aromatic N) is 3. The molecule has 10 rings (SSSR count). The summed E-state index contributed by atoms with van der Waals surface area (Å²) >= 11 is 4.24. The van der Waals surface area contributed by atoms with Crippen LogP contribution in [0.5, 0.6) is 0 Å². The maximum absolute atomic E-state index is 5.30. The van der Waals surface area contributed by atoms with E-state index in [1.165, 1.54) is 54.9 Å². The van der Waals surface area contributed by atoms with Gasteiger partial charge in [-0.3, -0.25) is 4.57 Å². The normalized spacial score (nSPS) is 18.1. The molecule has 246 valence electrons. The molecule has 0 spiro atoms. The lowest BCUT2D eigenvalue weighted by molar-refractivity contribution is 0.448. The van der Waals surface area contributed by atoms with Crippen LogP contribution in [-0.2, 0) is 5.41 Å². The molecule has 0 saturated carbocycles. The Morgan fingerprint density at radius 3 is 2.25 bits per heavy atom. The van der Waals surface area contributed by atoms with Gasteiger partial charge in [-0.1, -0.05) is 145 Å². The van der Waals surface area contributed by atoms with E-state index in [1.807, 2.05) is 0 Å². The van der Waals surface area contributed by atoms with E-state index >= 15 is 0 Å². The van der Waals surface area contributed by atoms with E-state index in [4.69, 9.17) is 9.97 Å². The van der Waals surface area contributed by atoms with Gasteiger partial charge in [0.05, 0.1) is 22.2 Å². The molecule has 0 N–H and O–H groups in total. The summed E-state index contributed by atoms with van der Waals surface area (Å²) in [5.74, 6) is 1.01. The number of alkyl halides is 1. The van der Waals surface area contributed by atoms with Crippen LogP contribution in [0.4, 0.5) is 0 Å². The predicted molar refractivity (Wildman–Crippen MR) is 217 cm³/mol. The van der Waals surface area contributed by atoms with E-state index in [0.29, 0.717) is 11.9 Å². The number of aromatic nitrogens is 3. The monoisotopic (exact) mass is 721 g/mol. The fourth-order valence-electron chi connectivity index (χ4n) is 8.92. The first kappa shape index (κ1) is 30.5. The number of para-hydroxylation sites is 2. The first-order valence-electron chi connectivity index (χ1n) is 17.9. The van der Waals surface area contributed by atoms with E-state index in [-0.39, 0.29) is 10.2 Å². The van der Waals surface area contributed by atoms with Crippen LogP contribution >= 0.6 is 15.9 Å². The summed E-state index contributed by atoms with van der Waals surface area (Å²) in [6.07, 6.45) is 8.58. The van der Waals surface area contributed by atoms with Crippen LogP contribution in [0.25, 0.3) is 66.1 Å². The number of rotatable bonds is 4. The molecule has 2 aliphatic carbocycles. The largest absolute Gasteiger partial charge is 0.278 e. The molecule has 4 heteroatoms. The summed E-state index contributed by atoms with van der Waals surface area (Å²) in [5.41, 5.74) is 12.1. The van der Waals surface area contributed by atoms with Gasteiger partial charge in [0.1, 0.15) is 0 Å². The second kappa shape index (κ2) is 11.6. The van der Waals surface area contributed by atoms with E-state index in [2.05, 4.69) is 180 Å². The highest BCUT2D eigenvalue weighted by Crippen LogP contribution is 2.59. The SMILES string of the molecule is CC1(C)c2ccc(-c3ccc4c(c3)c3ccccc3n4-c3nc(C4=CC=CCC4)c4ccccc4n3)cc2C(Br)C1c1cccc2ccccc12. The molecule has 2 aromatic heterocycles. The summed E-state index contributed by atoms with van der Waals surface area (Å²) in [6, 6.07) is 46.6. The van der Waals surface area contributed by atoms with Crippen LogP contribution in [0.15, 0.2) is 146 Å². The van der Waals surface area contributed by atoms with Crippen LogP contribution in [0.3, 0.4) is 0 Å². The third-order valence-corrected chi connectivity index (χ3v) is 12.4. The molecule has 0 radical (unpaired) electrons. The Kier molecular flexibility index (Phi) is 6.94. The number of halogens is 1. The Balaban J connectivity index is 1.11. The molecular formula is C47H36BrN3. The third kappa shape index (κ3) is 4.69. The molecule has 2 atom stereocenters. The Labute approximate surface area is 306 Å². The topological polar surface area (TPSA) is 30.7 Å². The highest BCUT2D eigenvalue weighted by atomic mass is 79.9. The van der Waals surface area contributed by atoms with Crippen molar-refractivity contribution >= 4 is 65.0 Å². The van der Waals surface area contributed by atoms with Gasteiger partial charge in [0.2, 0.25) is 5.95 Å². The first-order valence-corrected chi connectivity index (χ1v) is 18.8. The third-order valence-electron chi connectivity index (χ3n) is 11.4. The minimum absolute atomic E-state index is 0.0355. The van der Waals surface area contributed by atoms with Gasteiger partial charge in [-0.15, -0.1) is 0 Å². The predicted octanol–water partition coefficient (Wildman–Crippen LogP) is 12.8. The summed E-state index contributed by atoms with van der Waals surface area (Å²) in [5, 5.41) is 6.13. The lowest BCUT2D eigenvalue weighted by atomic mass is 9.74. The van der Waals surface area contributed by atoms with Crippen LogP contribution in [0.1, 0.15) is 59.8 Å². The average Bonchev–Trinajstić information content (AvgIpc) is 3.61. The van der Waals surface area contributed by atoms with Crippen molar-refractivity contribution in [1.29, 1.82) is 0 Å². The molecule has 2 aliphatic rings. The molecule has 0 bridgehead atoms. The molecule has 0 amide bonds. The second-order valence-corrected chi connectivity index (χ2v) is 15.6. The number of fused-ring (bicyclic) bond motifs is 6. The van der Waals surface area contributed by atoms with Crippen molar-refractivity contribution < 1.29 is 0 Å². The number of benzene rings is 6. The van der Waals surface area contributed by atoms with Crippen LogP contribution in [0, 0.1) is 0 Å². The van der Waals surface area contributed by atoms with Crippen LogP contribution < -0.4 is 0 Å². The molecule has 0 saturated heterocycles. The molecule has 2 unspecified atom stereocenters. The molecule has 0 aliphatic heterocycles. The van der Waals surface area contributed by atoms with E-state index in [9.17, 15) is 0 Å². The number of hydrogen-bond donors (Lipinski definition) is 0. The fourth-order valence-corrected chi connectivity index (χ4v) is 10.2. The minimum Gasteiger partial charge on any atom is -0.278 e. The molecule has 51 heavy (non-hydrogen) atoms. The van der Waals surface area contributed by atoms with Crippen molar-refractivity contribution in [3.8, 4) is 17.1 Å². The number of hydrogen-bond acceptors (Lipinski definition) is 2. The second-order valence-electron chi connectivity index (χ2n) is 14.6. The van der Waals surface area contributed by atoms with Crippen molar-refractivity contribution in [2.75, 3.05) is 0 Å². The molecule has 8 aromatic rings. The Hall–Kier alpha value is -5.32. The molecule has 3 nitrogen and oxygen atoms in total. The van der Waals surface area contributed by atoms with Crippen LogP contribution in [0.2, 0.25) is 0 Å². The minimum atomic E-state index is -0.0355. The summed E-state index contributed by atoms with van der Waals surface area (Å²) in [7, 11) is 0. The highest BCUT2D eigenvalue weighted by Gasteiger charge is 2.46. The zero-order valence-electron chi connectivity index (χ0n) is 28.6. The van der Waals surface area contributed by atoms with Crippen LogP contribution in [-0.4, -0.2) is 14.5 Å². The molecular weight excluding hydrogens is 686 g/mol. The zero-order valence-corrected chi connectivity index (χ0v) is 30.2. The van der Waals surface area contributed by atoms with Crippen molar-refractivity contribution in [2.45, 2.75) is 42.8 Å². The summed E-state index contributed by atoms with van der Waals surface area (Å²) < 4.78 is 2.25. The van der Waals surface area contributed by atoms with Gasteiger partial charge in [0.15, 0.2) is 0 Å². The van der Waals surface area contributed by atoms with E-state index in [1.54, 1.807) is 0 Å². The highest BCUT2D eigenvalue weighted by molar-refractivity contribution is 9.09. The van der Waals surface area contributed by atoms with E-state index < -0.39 is 0 Å². The Morgan fingerprint density at radius 2 is 1.39 bits per heavy atom. The summed E-state index contributed by atoms with van der Waals surface area (Å²) in [6.45, 7) is 4.81. The maximum atomic E-state index is 5.30. The summed E-state index contributed by atoms with van der Waals surface area (Å²) in [4.78, 5) is 10.7. The quantitative estimate of drug-likeness (QED) is 0.169. The van der Waals surface area contributed by atoms with Crippen molar-refractivity contribution in [3.05, 3.63) is 168 Å². The van der Waals surface area contributed by atoms with E-state index in [0.717, 1.165) is 40.5 Å². The van der Waals surface area contributed by atoms with Crippen molar-refractivity contribution in [3.63, 3.8) is 0 Å². The number of allylic oxidation sites excluding steroid dienone is 4. The molecule has 2 heterocycles. The Morgan fingerprint density at radius 1 is 0.667 bits per heavy atom. The molecule has 6 aromatic carbocycles. The fraction of sp³-hybridized carbons (Fsp3) is 0.149. The average molecular weight is 723 g/mol. The smallest absolute Gasteiger partial charge is 0.235 e. The zero-order chi connectivity index (χ0) is 34.3. The maximum Gasteiger partial charge on any atom is 0.235 e. The lowest BCUT2D eigenvalue weighted by Crippen LogP contribution is -2.23. The van der Waals surface area contributed by atoms with Gasteiger partial charge >= 0.3 is 0 Å².